The van der Waals surface area contributed by atoms with E-state index in [0.717, 1.165) is 116 Å². The van der Waals surface area contributed by atoms with Gasteiger partial charge < -0.3 is 14.2 Å². The zero-order valence-electron chi connectivity index (χ0n) is 47.0. The van der Waals surface area contributed by atoms with Gasteiger partial charge in [0.2, 0.25) is 0 Å². The highest BCUT2D eigenvalue weighted by Gasteiger charge is 2.19. The Labute approximate surface area is 440 Å². The molecule has 0 aromatic carbocycles. The fourth-order valence-corrected chi connectivity index (χ4v) is 8.64. The van der Waals surface area contributed by atoms with Crippen LogP contribution in [0, 0.1) is 0 Å². The summed E-state index contributed by atoms with van der Waals surface area (Å²) in [4.78, 5) is 38.2. The van der Waals surface area contributed by atoms with Crippen molar-refractivity contribution in [2.24, 2.45) is 0 Å². The summed E-state index contributed by atoms with van der Waals surface area (Å²) >= 11 is 0. The van der Waals surface area contributed by atoms with Gasteiger partial charge in [-0.05, 0) is 89.9 Å². The van der Waals surface area contributed by atoms with E-state index in [-0.39, 0.29) is 31.1 Å². The summed E-state index contributed by atoms with van der Waals surface area (Å²) in [6.45, 7) is 6.53. The Balaban J connectivity index is 4.39. The first-order valence-corrected chi connectivity index (χ1v) is 30.4. The highest BCUT2D eigenvalue weighted by molar-refractivity contribution is 5.71. The standard InChI is InChI=1S/C65H114O6/c1-4-7-10-13-16-19-22-25-28-30-32-33-34-36-37-40-43-46-49-52-55-58-64(67)70-61-62(60-69-63(66)57-54-51-48-45-42-39-27-24-21-18-15-12-9-6-3)71-65(68)59-56-53-50-47-44-41-38-35-31-29-26-23-20-17-14-11-8-5-2/h7,10,16,19,24-25,27-28,32-33,36-37,62H,4-6,8-9,11-15,17-18,20-23,26,29-31,34-35,38-61H2,1-3H3/b10-7-,19-16-,27-24-,28-25-,33-32-,37-36-. The molecule has 0 bridgehead atoms. The molecule has 410 valence electrons. The minimum absolute atomic E-state index is 0.0835. The highest BCUT2D eigenvalue weighted by Crippen LogP contribution is 2.16. The van der Waals surface area contributed by atoms with E-state index in [4.69, 9.17) is 14.2 Å². The van der Waals surface area contributed by atoms with Crippen molar-refractivity contribution in [2.75, 3.05) is 13.2 Å². The van der Waals surface area contributed by atoms with Gasteiger partial charge in [0.1, 0.15) is 13.2 Å². The van der Waals surface area contributed by atoms with Crippen LogP contribution in [0.3, 0.4) is 0 Å². The van der Waals surface area contributed by atoms with Crippen molar-refractivity contribution in [3.05, 3.63) is 72.9 Å². The number of allylic oxidation sites excluding steroid dienone is 12. The molecule has 0 aliphatic carbocycles. The molecule has 0 fully saturated rings. The molecule has 6 nitrogen and oxygen atoms in total. The number of ether oxygens (including phenoxy) is 3. The monoisotopic (exact) mass is 991 g/mol. The third-order valence-corrected chi connectivity index (χ3v) is 13.2. The molecule has 1 atom stereocenters. The quantitative estimate of drug-likeness (QED) is 0.0261. The molecule has 1 unspecified atom stereocenters. The fraction of sp³-hybridized carbons (Fsp3) is 0.769. The Hall–Kier alpha value is -3.15. The van der Waals surface area contributed by atoms with E-state index in [2.05, 4.69) is 93.7 Å². The van der Waals surface area contributed by atoms with Crippen LogP contribution in [-0.2, 0) is 28.6 Å². The zero-order valence-corrected chi connectivity index (χ0v) is 47.0. The largest absolute Gasteiger partial charge is 0.462 e. The van der Waals surface area contributed by atoms with Gasteiger partial charge in [0, 0.05) is 19.3 Å². The summed E-state index contributed by atoms with van der Waals surface area (Å²) in [5.74, 6) is -0.897. The lowest BCUT2D eigenvalue weighted by Crippen LogP contribution is -2.30. The maximum Gasteiger partial charge on any atom is 0.306 e. The van der Waals surface area contributed by atoms with Gasteiger partial charge >= 0.3 is 17.9 Å². The normalized spacial score (nSPS) is 12.5. The smallest absolute Gasteiger partial charge is 0.306 e. The molecule has 0 saturated heterocycles. The molecule has 71 heavy (non-hydrogen) atoms. The maximum atomic E-state index is 12.9. The number of carbonyl (C=O) groups excluding carboxylic acids is 3. The molecule has 6 heteroatoms. The van der Waals surface area contributed by atoms with Crippen molar-refractivity contribution in [1.82, 2.24) is 0 Å². The molecule has 0 rings (SSSR count). The molecule has 0 aromatic rings. The Morgan fingerprint density at radius 2 is 0.549 bits per heavy atom. The van der Waals surface area contributed by atoms with Crippen LogP contribution in [0.5, 0.6) is 0 Å². The van der Waals surface area contributed by atoms with Gasteiger partial charge in [0.05, 0.1) is 0 Å². The van der Waals surface area contributed by atoms with Crippen molar-refractivity contribution in [2.45, 2.75) is 309 Å². The van der Waals surface area contributed by atoms with E-state index in [9.17, 15) is 14.4 Å². The Kier molecular flexibility index (Phi) is 56.8. The van der Waals surface area contributed by atoms with E-state index in [1.165, 1.54) is 148 Å². The second kappa shape index (κ2) is 59.4. The van der Waals surface area contributed by atoms with Crippen molar-refractivity contribution in [1.29, 1.82) is 0 Å². The summed E-state index contributed by atoms with van der Waals surface area (Å²) < 4.78 is 16.9. The third-order valence-electron chi connectivity index (χ3n) is 13.2. The van der Waals surface area contributed by atoms with Crippen LogP contribution in [0.25, 0.3) is 0 Å². The van der Waals surface area contributed by atoms with Crippen molar-refractivity contribution >= 4 is 17.9 Å². The predicted molar refractivity (Wildman–Crippen MR) is 307 cm³/mol. The van der Waals surface area contributed by atoms with Crippen LogP contribution in [-0.4, -0.2) is 37.2 Å². The second-order valence-corrected chi connectivity index (χ2v) is 20.2. The molecule has 0 aliphatic rings. The van der Waals surface area contributed by atoms with Gasteiger partial charge in [-0.1, -0.05) is 267 Å². The van der Waals surface area contributed by atoms with Crippen LogP contribution < -0.4 is 0 Å². The fourth-order valence-electron chi connectivity index (χ4n) is 8.64. The van der Waals surface area contributed by atoms with E-state index >= 15 is 0 Å². The van der Waals surface area contributed by atoms with Crippen molar-refractivity contribution in [3.63, 3.8) is 0 Å². The minimum atomic E-state index is -0.786. The molecule has 0 N–H and O–H groups in total. The van der Waals surface area contributed by atoms with Gasteiger partial charge in [-0.15, -0.1) is 0 Å². The number of unbranched alkanes of at least 4 members (excludes halogenated alkanes) is 32. The summed E-state index contributed by atoms with van der Waals surface area (Å²) in [5, 5.41) is 0. The number of carbonyl (C=O) groups is 3. The zero-order chi connectivity index (χ0) is 51.4. The van der Waals surface area contributed by atoms with E-state index < -0.39 is 6.10 Å². The Morgan fingerprint density at radius 3 is 0.873 bits per heavy atom. The van der Waals surface area contributed by atoms with Crippen LogP contribution in [0.4, 0.5) is 0 Å². The van der Waals surface area contributed by atoms with Gasteiger partial charge in [-0.3, -0.25) is 14.4 Å². The second-order valence-electron chi connectivity index (χ2n) is 20.2. The SMILES string of the molecule is CC/C=C\C/C=C\C/C=C\C/C=C\C/C=C\CCCCCCCC(=O)OCC(COC(=O)CCCCCCC/C=C\CCCCCCC)OC(=O)CCCCCCCCCCCCCCCCCCCC. The Bertz CT molecular complexity index is 1320. The van der Waals surface area contributed by atoms with Crippen LogP contribution in [0.15, 0.2) is 72.9 Å². The van der Waals surface area contributed by atoms with E-state index in [1.54, 1.807) is 0 Å². The van der Waals surface area contributed by atoms with Crippen LogP contribution >= 0.6 is 0 Å². The van der Waals surface area contributed by atoms with Crippen LogP contribution in [0.2, 0.25) is 0 Å². The van der Waals surface area contributed by atoms with Gasteiger partial charge in [-0.2, -0.15) is 0 Å². The number of hydrogen-bond donors (Lipinski definition) is 0. The summed E-state index contributed by atoms with van der Waals surface area (Å²) in [6, 6.07) is 0. The molecule has 0 amide bonds. The first-order chi connectivity index (χ1) is 35.0. The molecule has 0 saturated carbocycles. The molecule has 0 radical (unpaired) electrons. The van der Waals surface area contributed by atoms with Gasteiger partial charge in [-0.25, -0.2) is 0 Å². The van der Waals surface area contributed by atoms with Gasteiger partial charge in [0.25, 0.3) is 0 Å². The maximum absolute atomic E-state index is 12.9. The topological polar surface area (TPSA) is 78.9 Å². The average Bonchev–Trinajstić information content (AvgIpc) is 3.37. The van der Waals surface area contributed by atoms with Crippen molar-refractivity contribution in [3.8, 4) is 0 Å². The molecular weight excluding hydrogens is 877 g/mol. The van der Waals surface area contributed by atoms with Crippen LogP contribution in [0.1, 0.15) is 303 Å². The molecular formula is C65H114O6. The highest BCUT2D eigenvalue weighted by atomic mass is 16.6. The lowest BCUT2D eigenvalue weighted by atomic mass is 10.0. The van der Waals surface area contributed by atoms with E-state index in [0.29, 0.717) is 19.3 Å². The molecule has 0 aliphatic heterocycles. The molecule has 0 heterocycles. The summed E-state index contributed by atoms with van der Waals surface area (Å²) in [7, 11) is 0. The van der Waals surface area contributed by atoms with Crippen molar-refractivity contribution < 1.29 is 28.6 Å². The lowest BCUT2D eigenvalue weighted by Gasteiger charge is -2.18. The Morgan fingerprint density at radius 1 is 0.296 bits per heavy atom. The number of hydrogen-bond acceptors (Lipinski definition) is 6. The average molecular weight is 992 g/mol. The molecule has 0 aromatic heterocycles. The van der Waals surface area contributed by atoms with E-state index in [1.807, 2.05) is 0 Å². The first-order valence-electron chi connectivity index (χ1n) is 30.4. The molecule has 0 spiro atoms. The number of esters is 3. The third kappa shape index (κ3) is 57.6. The summed E-state index contributed by atoms with van der Waals surface area (Å²) in [5.41, 5.74) is 0. The lowest BCUT2D eigenvalue weighted by molar-refractivity contribution is -0.167. The number of rotatable bonds is 55. The summed E-state index contributed by atoms with van der Waals surface area (Å²) in [6.07, 6.45) is 76.1. The predicted octanol–water partition coefficient (Wildman–Crippen LogP) is 20.5. The van der Waals surface area contributed by atoms with Gasteiger partial charge in [0.15, 0.2) is 6.10 Å². The minimum Gasteiger partial charge on any atom is -0.462 e. The first kappa shape index (κ1) is 67.8.